The molecule has 2 rings (SSSR count). The quantitative estimate of drug-likeness (QED) is 0.611. The molecule has 0 aliphatic heterocycles. The fraction of sp³-hybridized carbons (Fsp3) is 0.353. The maximum Gasteiger partial charge on any atom is 0.309 e. The standard InChI is InChI=1S/C17H20O2S/c1-17(2,16(18)19)10-5-11-20-15-9-8-13-6-3-4-7-14(13)12-15/h3-4,6-9,12H,5,10-11H2,1-2H3,(H,18,19). The Morgan fingerprint density at radius 3 is 2.55 bits per heavy atom. The number of carbonyl (C=O) groups is 1. The van der Waals surface area contributed by atoms with Crippen LogP contribution < -0.4 is 0 Å². The number of hydrogen-bond donors (Lipinski definition) is 1. The summed E-state index contributed by atoms with van der Waals surface area (Å²) in [5.74, 6) is 0.239. The zero-order valence-corrected chi connectivity index (χ0v) is 12.7. The molecule has 0 fully saturated rings. The van der Waals surface area contributed by atoms with Gasteiger partial charge in [-0.25, -0.2) is 0 Å². The lowest BCUT2D eigenvalue weighted by atomic mass is 9.88. The SMILES string of the molecule is CC(C)(CCCSc1ccc2ccccc2c1)C(=O)O. The van der Waals surface area contributed by atoms with Crippen molar-refractivity contribution in [3.8, 4) is 0 Å². The minimum atomic E-state index is -0.715. The van der Waals surface area contributed by atoms with E-state index in [-0.39, 0.29) is 0 Å². The van der Waals surface area contributed by atoms with Gasteiger partial charge >= 0.3 is 5.97 Å². The highest BCUT2D eigenvalue weighted by molar-refractivity contribution is 7.99. The van der Waals surface area contributed by atoms with Crippen LogP contribution in [0.15, 0.2) is 47.4 Å². The number of carboxylic acid groups (broad SMARTS) is 1. The molecule has 106 valence electrons. The highest BCUT2D eigenvalue weighted by Gasteiger charge is 2.25. The zero-order valence-electron chi connectivity index (χ0n) is 11.9. The Morgan fingerprint density at radius 1 is 1.15 bits per heavy atom. The van der Waals surface area contributed by atoms with E-state index in [1.807, 2.05) is 12.1 Å². The Labute approximate surface area is 124 Å². The molecule has 0 aliphatic rings. The summed E-state index contributed by atoms with van der Waals surface area (Å²) >= 11 is 1.79. The molecule has 0 saturated heterocycles. The van der Waals surface area contributed by atoms with Gasteiger partial charge in [-0.1, -0.05) is 30.3 Å². The fourth-order valence-corrected chi connectivity index (χ4v) is 2.97. The summed E-state index contributed by atoms with van der Waals surface area (Å²) in [6.45, 7) is 3.58. The van der Waals surface area contributed by atoms with Crippen LogP contribution in [0.1, 0.15) is 26.7 Å². The number of thioether (sulfide) groups is 1. The molecule has 2 aromatic carbocycles. The number of rotatable bonds is 6. The Balaban J connectivity index is 1.88. The van der Waals surface area contributed by atoms with E-state index in [1.54, 1.807) is 25.6 Å². The molecule has 0 saturated carbocycles. The maximum atomic E-state index is 11.0. The largest absolute Gasteiger partial charge is 0.481 e. The minimum absolute atomic E-state index is 0.621. The van der Waals surface area contributed by atoms with Crippen molar-refractivity contribution in [2.24, 2.45) is 5.41 Å². The normalized spacial score (nSPS) is 11.7. The van der Waals surface area contributed by atoms with Gasteiger partial charge in [0, 0.05) is 4.90 Å². The average Bonchev–Trinajstić information content (AvgIpc) is 2.43. The average molecular weight is 288 g/mol. The van der Waals surface area contributed by atoms with Crippen molar-refractivity contribution in [2.75, 3.05) is 5.75 Å². The van der Waals surface area contributed by atoms with Crippen LogP contribution in [-0.2, 0) is 4.79 Å². The van der Waals surface area contributed by atoms with E-state index in [0.717, 1.165) is 12.2 Å². The van der Waals surface area contributed by atoms with Gasteiger partial charge in [0.2, 0.25) is 0 Å². The summed E-state index contributed by atoms with van der Waals surface area (Å²) in [6, 6.07) is 14.8. The Hall–Kier alpha value is -1.48. The van der Waals surface area contributed by atoms with Crippen LogP contribution in [-0.4, -0.2) is 16.8 Å². The van der Waals surface area contributed by atoms with E-state index < -0.39 is 11.4 Å². The van der Waals surface area contributed by atoms with Gasteiger partial charge in [-0.05, 0) is 55.3 Å². The van der Waals surface area contributed by atoms with Gasteiger partial charge in [0.05, 0.1) is 5.41 Å². The monoisotopic (exact) mass is 288 g/mol. The van der Waals surface area contributed by atoms with Gasteiger partial charge in [0.15, 0.2) is 0 Å². The van der Waals surface area contributed by atoms with Crippen LogP contribution in [0.2, 0.25) is 0 Å². The molecule has 0 unspecified atom stereocenters. The highest BCUT2D eigenvalue weighted by Crippen LogP contribution is 2.27. The molecule has 0 aliphatic carbocycles. The van der Waals surface area contributed by atoms with Gasteiger partial charge < -0.3 is 5.11 Å². The van der Waals surface area contributed by atoms with Crippen molar-refractivity contribution in [3.05, 3.63) is 42.5 Å². The molecular formula is C17H20O2S. The smallest absolute Gasteiger partial charge is 0.309 e. The second-order valence-corrected chi connectivity index (χ2v) is 6.82. The summed E-state index contributed by atoms with van der Waals surface area (Å²) in [4.78, 5) is 12.3. The Kier molecular flexibility index (Phi) is 4.71. The molecule has 0 aromatic heterocycles. The van der Waals surface area contributed by atoms with Gasteiger partial charge in [0.25, 0.3) is 0 Å². The zero-order chi connectivity index (χ0) is 14.6. The minimum Gasteiger partial charge on any atom is -0.481 e. The van der Waals surface area contributed by atoms with Crippen LogP contribution in [0.4, 0.5) is 0 Å². The molecule has 0 heterocycles. The predicted molar refractivity (Wildman–Crippen MR) is 85.3 cm³/mol. The van der Waals surface area contributed by atoms with E-state index in [1.165, 1.54) is 15.7 Å². The molecule has 0 bridgehead atoms. The van der Waals surface area contributed by atoms with E-state index in [0.29, 0.717) is 6.42 Å². The molecule has 2 nitrogen and oxygen atoms in total. The number of carboxylic acids is 1. The van der Waals surface area contributed by atoms with Crippen LogP contribution in [0.25, 0.3) is 10.8 Å². The molecule has 3 heteroatoms. The Morgan fingerprint density at radius 2 is 1.85 bits per heavy atom. The van der Waals surface area contributed by atoms with Crippen molar-refractivity contribution >= 4 is 28.5 Å². The molecule has 0 spiro atoms. The molecule has 20 heavy (non-hydrogen) atoms. The van der Waals surface area contributed by atoms with E-state index in [2.05, 4.69) is 30.3 Å². The maximum absolute atomic E-state index is 11.0. The second-order valence-electron chi connectivity index (χ2n) is 5.65. The fourth-order valence-electron chi connectivity index (χ4n) is 2.07. The van der Waals surface area contributed by atoms with Crippen LogP contribution in [0, 0.1) is 5.41 Å². The molecule has 1 N–H and O–H groups in total. The van der Waals surface area contributed by atoms with E-state index in [4.69, 9.17) is 5.11 Å². The first-order valence-electron chi connectivity index (χ1n) is 6.84. The van der Waals surface area contributed by atoms with Crippen molar-refractivity contribution < 1.29 is 9.90 Å². The molecule has 0 atom stereocenters. The number of fused-ring (bicyclic) bond motifs is 1. The van der Waals surface area contributed by atoms with Crippen molar-refractivity contribution in [1.29, 1.82) is 0 Å². The third-order valence-corrected chi connectivity index (χ3v) is 4.59. The topological polar surface area (TPSA) is 37.3 Å². The van der Waals surface area contributed by atoms with Gasteiger partial charge in [-0.2, -0.15) is 0 Å². The third-order valence-electron chi connectivity index (χ3n) is 3.51. The lowest BCUT2D eigenvalue weighted by molar-refractivity contribution is -0.147. The van der Waals surface area contributed by atoms with Crippen LogP contribution in [0.3, 0.4) is 0 Å². The van der Waals surface area contributed by atoms with Gasteiger partial charge in [-0.15, -0.1) is 11.8 Å². The van der Waals surface area contributed by atoms with E-state index in [9.17, 15) is 4.79 Å². The lowest BCUT2D eigenvalue weighted by Crippen LogP contribution is -2.23. The lowest BCUT2D eigenvalue weighted by Gasteiger charge is -2.18. The van der Waals surface area contributed by atoms with Gasteiger partial charge in [0.1, 0.15) is 0 Å². The van der Waals surface area contributed by atoms with Crippen LogP contribution >= 0.6 is 11.8 Å². The van der Waals surface area contributed by atoms with Crippen molar-refractivity contribution in [2.45, 2.75) is 31.6 Å². The summed E-state index contributed by atoms with van der Waals surface area (Å²) in [5, 5.41) is 11.6. The second kappa shape index (κ2) is 6.31. The summed E-state index contributed by atoms with van der Waals surface area (Å²) in [7, 11) is 0. The molecule has 0 radical (unpaired) electrons. The highest BCUT2D eigenvalue weighted by atomic mass is 32.2. The molecule has 0 amide bonds. The van der Waals surface area contributed by atoms with Gasteiger partial charge in [-0.3, -0.25) is 4.79 Å². The van der Waals surface area contributed by atoms with Crippen LogP contribution in [0.5, 0.6) is 0 Å². The third kappa shape index (κ3) is 3.76. The van der Waals surface area contributed by atoms with E-state index >= 15 is 0 Å². The first kappa shape index (κ1) is 14.9. The summed E-state index contributed by atoms with van der Waals surface area (Å²) < 4.78 is 0. The van der Waals surface area contributed by atoms with Crippen molar-refractivity contribution in [1.82, 2.24) is 0 Å². The summed E-state index contributed by atoms with van der Waals surface area (Å²) in [5.41, 5.74) is -0.621. The Bertz CT molecular complexity index is 605. The predicted octanol–water partition coefficient (Wildman–Crippen LogP) is 4.82. The molecular weight excluding hydrogens is 268 g/mol. The first-order valence-corrected chi connectivity index (χ1v) is 7.83. The number of aliphatic carboxylic acids is 1. The first-order chi connectivity index (χ1) is 9.49. The number of benzene rings is 2. The number of hydrogen-bond acceptors (Lipinski definition) is 2. The van der Waals surface area contributed by atoms with Crippen molar-refractivity contribution in [3.63, 3.8) is 0 Å². The molecule has 2 aromatic rings. The summed E-state index contributed by atoms with van der Waals surface area (Å²) in [6.07, 6.45) is 1.62.